The van der Waals surface area contributed by atoms with E-state index in [0.717, 1.165) is 32.4 Å². The minimum absolute atomic E-state index is 0.0121. The molecule has 3 aliphatic heterocycles. The molecule has 114 valence electrons. The van der Waals surface area contributed by atoms with Crippen LogP contribution in [0.3, 0.4) is 0 Å². The Hall–Kier alpha value is -1.33. The van der Waals surface area contributed by atoms with Crippen molar-refractivity contribution >= 4 is 27.8 Å². The summed E-state index contributed by atoms with van der Waals surface area (Å²) in [6.45, 7) is 5.50. The Morgan fingerprint density at radius 3 is 2.00 bits per heavy atom. The molecule has 0 N–H and O–H groups in total. The van der Waals surface area contributed by atoms with Gasteiger partial charge < -0.3 is 19.6 Å². The number of nitrogens with zero attached hydrogens (tertiary/aromatic N) is 4. The zero-order chi connectivity index (χ0) is 15.6. The van der Waals surface area contributed by atoms with Crippen molar-refractivity contribution in [3.05, 3.63) is 0 Å². The average Bonchev–Trinajstić information content (AvgIpc) is 2.67. The molecule has 3 rings (SSSR count). The Morgan fingerprint density at radius 1 is 0.952 bits per heavy atom. The molecular formula is C13H24B2N4O2. The first-order valence-corrected chi connectivity index (χ1v) is 7.94. The van der Waals surface area contributed by atoms with Gasteiger partial charge in [0.05, 0.1) is 0 Å². The lowest BCUT2D eigenvalue weighted by Crippen LogP contribution is -2.69. The Balaban J connectivity index is 2.19. The van der Waals surface area contributed by atoms with Crippen LogP contribution in [0.15, 0.2) is 0 Å². The van der Waals surface area contributed by atoms with Gasteiger partial charge in [-0.15, -0.1) is 0 Å². The van der Waals surface area contributed by atoms with E-state index in [9.17, 15) is 9.59 Å². The van der Waals surface area contributed by atoms with Gasteiger partial charge in [0, 0.05) is 26.2 Å². The van der Waals surface area contributed by atoms with Crippen LogP contribution in [0.4, 0.5) is 9.59 Å². The summed E-state index contributed by atoms with van der Waals surface area (Å²) in [5.74, 6) is 0. The quantitative estimate of drug-likeness (QED) is 0.597. The molecular weight excluding hydrogens is 266 g/mol. The van der Waals surface area contributed by atoms with Crippen molar-refractivity contribution in [3.8, 4) is 0 Å². The first-order valence-electron chi connectivity index (χ1n) is 7.94. The van der Waals surface area contributed by atoms with Gasteiger partial charge in [-0.2, -0.15) is 0 Å². The fourth-order valence-corrected chi connectivity index (χ4v) is 4.49. The van der Waals surface area contributed by atoms with E-state index in [-0.39, 0.29) is 18.1 Å². The zero-order valence-corrected chi connectivity index (χ0v) is 13.7. The minimum atomic E-state index is -0.603. The molecule has 2 unspecified atom stereocenters. The summed E-state index contributed by atoms with van der Waals surface area (Å²) in [6, 6.07) is 0.144. The Bertz CT molecular complexity index is 503. The molecule has 2 atom stereocenters. The molecule has 0 aromatic carbocycles. The number of rotatable bonds is 1. The summed E-state index contributed by atoms with van der Waals surface area (Å²) >= 11 is 0. The Kier molecular flexibility index (Phi) is 3.01. The molecule has 0 aromatic rings. The summed E-state index contributed by atoms with van der Waals surface area (Å²) in [7, 11) is 5.92. The fraction of sp³-hybridized carbons (Fsp3) is 0.846. The summed E-state index contributed by atoms with van der Waals surface area (Å²) in [4.78, 5) is 33.2. The third-order valence-corrected chi connectivity index (χ3v) is 5.81. The van der Waals surface area contributed by atoms with Crippen molar-refractivity contribution in [1.82, 2.24) is 19.6 Å². The highest BCUT2D eigenvalue weighted by molar-refractivity contribution is 6.32. The number of fused-ring (bicyclic) bond motifs is 5. The van der Waals surface area contributed by atoms with Crippen LogP contribution in [-0.4, -0.2) is 84.7 Å². The molecule has 2 bridgehead atoms. The number of likely N-dealkylation sites (N-methyl/N-ethyl adjacent to an activating group) is 1. The second-order valence-corrected chi connectivity index (χ2v) is 6.99. The van der Waals surface area contributed by atoms with Crippen LogP contribution in [0.25, 0.3) is 0 Å². The van der Waals surface area contributed by atoms with Crippen LogP contribution >= 0.6 is 0 Å². The lowest BCUT2D eigenvalue weighted by atomic mass is 9.64. The maximum atomic E-state index is 12.9. The lowest BCUT2D eigenvalue weighted by molar-refractivity contribution is 0.0533. The van der Waals surface area contributed by atoms with E-state index in [1.165, 1.54) is 0 Å². The van der Waals surface area contributed by atoms with Gasteiger partial charge in [0.15, 0.2) is 15.7 Å². The molecule has 6 nitrogen and oxygen atoms in total. The third-order valence-electron chi connectivity index (χ3n) is 5.81. The predicted octanol–water partition coefficient (Wildman–Crippen LogP) is -0.742. The first-order chi connectivity index (χ1) is 9.77. The van der Waals surface area contributed by atoms with Crippen LogP contribution in [-0.2, 0) is 0 Å². The van der Waals surface area contributed by atoms with Crippen molar-refractivity contribution in [3.63, 3.8) is 0 Å². The highest BCUT2D eigenvalue weighted by atomic mass is 16.2. The smallest absolute Gasteiger partial charge is 0.309 e. The molecule has 0 aromatic heterocycles. The van der Waals surface area contributed by atoms with Gasteiger partial charge in [-0.05, 0) is 33.1 Å². The van der Waals surface area contributed by atoms with Crippen LogP contribution in [0.1, 0.15) is 33.1 Å². The number of hydrogen-bond donors (Lipinski definition) is 0. The summed E-state index contributed by atoms with van der Waals surface area (Å²) < 4.78 is 0. The Morgan fingerprint density at radius 2 is 1.48 bits per heavy atom. The molecule has 21 heavy (non-hydrogen) atoms. The van der Waals surface area contributed by atoms with E-state index in [1.54, 1.807) is 4.90 Å². The van der Waals surface area contributed by atoms with Crippen molar-refractivity contribution < 1.29 is 9.59 Å². The number of hydrogen-bond acceptors (Lipinski definition) is 2. The SMILES string of the molecule is BC12N(C)C(=O)N(C(C)C)C1(B)N1CCCCCN2C1=O. The topological polar surface area (TPSA) is 47.1 Å². The van der Waals surface area contributed by atoms with Gasteiger partial charge in [0.2, 0.25) is 0 Å². The number of carbonyl (C=O) groups excluding carboxylic acids is 2. The molecule has 8 heteroatoms. The molecule has 3 heterocycles. The van der Waals surface area contributed by atoms with E-state index in [1.807, 2.05) is 43.4 Å². The normalized spacial score (nSPS) is 36.4. The largest absolute Gasteiger partial charge is 0.322 e. The average molecular weight is 290 g/mol. The van der Waals surface area contributed by atoms with Crippen molar-refractivity contribution in [2.75, 3.05) is 20.1 Å². The number of amides is 4. The van der Waals surface area contributed by atoms with E-state index in [2.05, 4.69) is 7.85 Å². The van der Waals surface area contributed by atoms with E-state index in [4.69, 9.17) is 0 Å². The van der Waals surface area contributed by atoms with Crippen molar-refractivity contribution in [1.29, 1.82) is 0 Å². The van der Waals surface area contributed by atoms with Gasteiger partial charge in [-0.1, -0.05) is 0 Å². The molecule has 0 aliphatic carbocycles. The number of carbonyl (C=O) groups is 2. The van der Waals surface area contributed by atoms with Crippen LogP contribution in [0.2, 0.25) is 0 Å². The summed E-state index contributed by atoms with van der Waals surface area (Å²) in [6.07, 6.45) is 3.15. The van der Waals surface area contributed by atoms with E-state index >= 15 is 0 Å². The fourth-order valence-electron chi connectivity index (χ4n) is 4.49. The lowest BCUT2D eigenvalue weighted by Gasteiger charge is -2.47. The molecule has 0 spiro atoms. The molecule has 0 saturated carbocycles. The standard InChI is InChI=1S/C13H24B2N4O2/c1-9(2)19-10(20)16(3)12(14)13(19,15)18-8-6-4-5-7-17(12)11(18)21/h9H,4-8,14-15H2,1-3H3. The zero-order valence-electron chi connectivity index (χ0n) is 13.7. The Labute approximate surface area is 128 Å². The van der Waals surface area contributed by atoms with Crippen molar-refractivity contribution in [2.24, 2.45) is 0 Å². The monoisotopic (exact) mass is 290 g/mol. The molecule has 3 aliphatic rings. The molecule has 3 saturated heterocycles. The maximum absolute atomic E-state index is 12.9. The van der Waals surface area contributed by atoms with Gasteiger partial charge in [-0.3, -0.25) is 0 Å². The second kappa shape index (κ2) is 4.34. The van der Waals surface area contributed by atoms with Gasteiger partial charge in [0.1, 0.15) is 11.1 Å². The van der Waals surface area contributed by atoms with Crippen LogP contribution in [0, 0.1) is 0 Å². The number of urea groups is 2. The van der Waals surface area contributed by atoms with Crippen LogP contribution in [0.5, 0.6) is 0 Å². The van der Waals surface area contributed by atoms with E-state index in [0.29, 0.717) is 0 Å². The molecule has 0 radical (unpaired) electrons. The highest BCUT2D eigenvalue weighted by Crippen LogP contribution is 2.48. The molecule has 3 fully saturated rings. The summed E-state index contributed by atoms with van der Waals surface area (Å²) in [5, 5.41) is 0. The van der Waals surface area contributed by atoms with Crippen LogP contribution < -0.4 is 0 Å². The first kappa shape index (κ1) is 14.6. The molecule has 4 amide bonds. The second-order valence-electron chi connectivity index (χ2n) is 6.99. The van der Waals surface area contributed by atoms with Gasteiger partial charge >= 0.3 is 12.1 Å². The van der Waals surface area contributed by atoms with Crippen molar-refractivity contribution in [2.45, 2.75) is 50.3 Å². The summed E-state index contributed by atoms with van der Waals surface area (Å²) in [5.41, 5.74) is -1.20. The van der Waals surface area contributed by atoms with Gasteiger partial charge in [0.25, 0.3) is 0 Å². The minimum Gasteiger partial charge on any atom is -0.309 e. The third kappa shape index (κ3) is 1.46. The van der Waals surface area contributed by atoms with Gasteiger partial charge in [-0.25, -0.2) is 9.59 Å². The predicted molar refractivity (Wildman–Crippen MR) is 85.3 cm³/mol. The maximum Gasteiger partial charge on any atom is 0.322 e. The highest BCUT2D eigenvalue weighted by Gasteiger charge is 2.72. The van der Waals surface area contributed by atoms with E-state index < -0.39 is 11.1 Å².